The number of halogens is 2. The van der Waals surface area contributed by atoms with Gasteiger partial charge >= 0.3 is 6.09 Å². The number of hydrogen-bond donors (Lipinski definition) is 1. The molecule has 2 aliphatic rings. The molecular weight excluding hydrogens is 366 g/mol. The van der Waals surface area contributed by atoms with Crippen molar-refractivity contribution in [2.75, 3.05) is 31.1 Å². The summed E-state index contributed by atoms with van der Waals surface area (Å²) in [5.74, 6) is -0.673. The van der Waals surface area contributed by atoms with E-state index in [-0.39, 0.29) is 17.7 Å². The van der Waals surface area contributed by atoms with Gasteiger partial charge in [0.15, 0.2) is 0 Å². The first kappa shape index (κ1) is 18.8. The molecule has 2 heterocycles. The highest BCUT2D eigenvalue weighted by molar-refractivity contribution is 5.89. The number of rotatable bonds is 4. The Kier molecular flexibility index (Phi) is 5.03. The van der Waals surface area contributed by atoms with Gasteiger partial charge in [-0.3, -0.25) is 9.80 Å². The molecule has 5 nitrogen and oxygen atoms in total. The number of piperidine rings is 1. The van der Waals surface area contributed by atoms with E-state index in [0.717, 1.165) is 5.56 Å². The van der Waals surface area contributed by atoms with Crippen LogP contribution in [0.25, 0.3) is 0 Å². The fraction of sp³-hybridized carbons (Fsp3) is 0.381. The number of amides is 1. The molecule has 1 N–H and O–H groups in total. The zero-order chi connectivity index (χ0) is 19.7. The van der Waals surface area contributed by atoms with Crippen molar-refractivity contribution in [1.29, 1.82) is 0 Å². The maximum atomic E-state index is 13.1. The molecule has 2 aromatic carbocycles. The number of benzene rings is 2. The second kappa shape index (κ2) is 7.48. The summed E-state index contributed by atoms with van der Waals surface area (Å²) in [6.45, 7) is 2.28. The van der Waals surface area contributed by atoms with E-state index >= 15 is 0 Å². The Labute approximate surface area is 162 Å². The van der Waals surface area contributed by atoms with Gasteiger partial charge in [0.05, 0.1) is 12.1 Å². The maximum absolute atomic E-state index is 13.1. The topological polar surface area (TPSA) is 53.0 Å². The van der Waals surface area contributed by atoms with Crippen LogP contribution in [0, 0.1) is 11.6 Å². The van der Waals surface area contributed by atoms with Gasteiger partial charge in [-0.2, -0.15) is 0 Å². The van der Waals surface area contributed by atoms with E-state index in [2.05, 4.69) is 4.90 Å². The lowest BCUT2D eigenvalue weighted by atomic mass is 9.84. The van der Waals surface area contributed by atoms with Crippen molar-refractivity contribution < 1.29 is 23.4 Å². The van der Waals surface area contributed by atoms with Crippen LogP contribution in [0.15, 0.2) is 48.5 Å². The molecule has 0 saturated carbocycles. The first-order valence-electron chi connectivity index (χ1n) is 9.37. The zero-order valence-electron chi connectivity index (χ0n) is 15.4. The fourth-order valence-corrected chi connectivity index (χ4v) is 3.89. The Balaban J connectivity index is 1.33. The lowest BCUT2D eigenvalue weighted by molar-refractivity contribution is -0.0325. The van der Waals surface area contributed by atoms with Gasteiger partial charge in [0.25, 0.3) is 0 Å². The van der Waals surface area contributed by atoms with E-state index in [1.807, 2.05) is 0 Å². The number of carbonyl (C=O) groups is 1. The minimum atomic E-state index is -0.962. The van der Waals surface area contributed by atoms with Crippen LogP contribution in [0.2, 0.25) is 0 Å². The van der Waals surface area contributed by atoms with E-state index in [0.29, 0.717) is 44.7 Å². The number of carbonyl (C=O) groups excluding carboxylic acids is 1. The molecule has 1 unspecified atom stereocenters. The van der Waals surface area contributed by atoms with Gasteiger partial charge in [0.1, 0.15) is 17.7 Å². The van der Waals surface area contributed by atoms with Crippen molar-refractivity contribution in [3.8, 4) is 0 Å². The monoisotopic (exact) mass is 388 g/mol. The molecule has 1 amide bonds. The van der Waals surface area contributed by atoms with Crippen LogP contribution in [0.4, 0.5) is 19.3 Å². The minimum Gasteiger partial charge on any atom is -0.443 e. The molecule has 7 heteroatoms. The molecule has 2 aliphatic heterocycles. The summed E-state index contributed by atoms with van der Waals surface area (Å²) in [6, 6.07) is 11.7. The van der Waals surface area contributed by atoms with Crippen LogP contribution in [-0.2, 0) is 10.3 Å². The summed E-state index contributed by atoms with van der Waals surface area (Å²) in [6.07, 6.45) is 0.341. The number of anilines is 1. The average Bonchev–Trinajstić information content (AvgIpc) is 3.05. The quantitative estimate of drug-likeness (QED) is 0.874. The fourth-order valence-electron chi connectivity index (χ4n) is 3.89. The van der Waals surface area contributed by atoms with Crippen molar-refractivity contribution in [2.45, 2.75) is 24.5 Å². The molecule has 0 aliphatic carbocycles. The van der Waals surface area contributed by atoms with Gasteiger partial charge < -0.3 is 9.84 Å². The molecule has 2 fully saturated rings. The maximum Gasteiger partial charge on any atom is 0.414 e. The Morgan fingerprint density at radius 2 is 1.57 bits per heavy atom. The number of aliphatic hydroxyl groups is 1. The van der Waals surface area contributed by atoms with Crippen LogP contribution in [-0.4, -0.2) is 48.4 Å². The summed E-state index contributed by atoms with van der Waals surface area (Å²) < 4.78 is 31.7. The smallest absolute Gasteiger partial charge is 0.414 e. The summed E-state index contributed by atoms with van der Waals surface area (Å²) in [4.78, 5) is 15.8. The lowest BCUT2D eigenvalue weighted by Gasteiger charge is -2.39. The Hall–Kier alpha value is -2.51. The van der Waals surface area contributed by atoms with Gasteiger partial charge in [-0.05, 0) is 54.8 Å². The normalized spacial score (nSPS) is 22.3. The highest BCUT2D eigenvalue weighted by atomic mass is 19.1. The largest absolute Gasteiger partial charge is 0.443 e. The van der Waals surface area contributed by atoms with Gasteiger partial charge in [0, 0.05) is 25.3 Å². The Morgan fingerprint density at radius 3 is 2.18 bits per heavy atom. The molecule has 148 valence electrons. The number of hydrogen-bond acceptors (Lipinski definition) is 4. The van der Waals surface area contributed by atoms with Gasteiger partial charge in [-0.1, -0.05) is 12.1 Å². The molecule has 0 radical (unpaired) electrons. The van der Waals surface area contributed by atoms with Crippen molar-refractivity contribution in [3.05, 3.63) is 65.7 Å². The second-order valence-corrected chi connectivity index (χ2v) is 7.43. The summed E-state index contributed by atoms with van der Waals surface area (Å²) in [7, 11) is 0. The minimum absolute atomic E-state index is 0.283. The van der Waals surface area contributed by atoms with E-state index < -0.39 is 11.7 Å². The molecule has 4 rings (SSSR count). The number of likely N-dealkylation sites (tertiary alicyclic amines) is 1. The van der Waals surface area contributed by atoms with E-state index in [1.165, 1.54) is 29.2 Å². The lowest BCUT2D eigenvalue weighted by Crippen LogP contribution is -2.45. The predicted molar refractivity (Wildman–Crippen MR) is 100.0 cm³/mol. The highest BCUT2D eigenvalue weighted by Crippen LogP contribution is 2.33. The molecule has 0 aromatic heterocycles. The van der Waals surface area contributed by atoms with E-state index in [1.54, 1.807) is 24.3 Å². The van der Waals surface area contributed by atoms with Crippen LogP contribution >= 0.6 is 0 Å². The second-order valence-electron chi connectivity index (χ2n) is 7.43. The SMILES string of the molecule is O=C1OC(CN2CCC(O)(c3ccc(F)cc3)CC2)CN1c1ccc(F)cc1. The Bertz CT molecular complexity index is 834. The van der Waals surface area contributed by atoms with Gasteiger partial charge in [-0.25, -0.2) is 13.6 Å². The highest BCUT2D eigenvalue weighted by Gasteiger charge is 2.37. The summed E-state index contributed by atoms with van der Waals surface area (Å²) >= 11 is 0. The predicted octanol–water partition coefficient (Wildman–Crippen LogP) is 3.27. The van der Waals surface area contributed by atoms with E-state index in [9.17, 15) is 18.7 Å². The Morgan fingerprint density at radius 1 is 1.00 bits per heavy atom. The standard InChI is InChI=1S/C21H22F2N2O3/c22-16-3-1-15(2-4-16)21(27)9-11-24(12-10-21)13-19-14-25(20(26)28-19)18-7-5-17(23)6-8-18/h1-8,19,27H,9-14H2. The van der Waals surface area contributed by atoms with Crippen LogP contribution in [0.1, 0.15) is 18.4 Å². The van der Waals surface area contributed by atoms with Crippen molar-refractivity contribution in [3.63, 3.8) is 0 Å². The molecule has 28 heavy (non-hydrogen) atoms. The van der Waals surface area contributed by atoms with Gasteiger partial charge in [-0.15, -0.1) is 0 Å². The van der Waals surface area contributed by atoms with Crippen molar-refractivity contribution in [2.24, 2.45) is 0 Å². The molecule has 2 saturated heterocycles. The molecular formula is C21H22F2N2O3. The first-order valence-corrected chi connectivity index (χ1v) is 9.37. The van der Waals surface area contributed by atoms with Crippen LogP contribution in [0.3, 0.4) is 0 Å². The molecule has 0 spiro atoms. The summed E-state index contributed by atoms with van der Waals surface area (Å²) in [5, 5.41) is 10.9. The van der Waals surface area contributed by atoms with Crippen LogP contribution in [0.5, 0.6) is 0 Å². The third-order valence-corrected chi connectivity index (χ3v) is 5.54. The van der Waals surface area contributed by atoms with Crippen molar-refractivity contribution in [1.82, 2.24) is 4.90 Å². The average molecular weight is 388 g/mol. The van der Waals surface area contributed by atoms with E-state index in [4.69, 9.17) is 4.74 Å². The van der Waals surface area contributed by atoms with Crippen LogP contribution < -0.4 is 4.90 Å². The van der Waals surface area contributed by atoms with Gasteiger partial charge in [0.2, 0.25) is 0 Å². The third-order valence-electron chi connectivity index (χ3n) is 5.54. The third kappa shape index (κ3) is 3.86. The molecule has 1 atom stereocenters. The zero-order valence-corrected chi connectivity index (χ0v) is 15.4. The molecule has 0 bridgehead atoms. The number of ether oxygens (including phenoxy) is 1. The van der Waals surface area contributed by atoms with Crippen molar-refractivity contribution >= 4 is 11.8 Å². The number of nitrogens with zero attached hydrogens (tertiary/aromatic N) is 2. The number of cyclic esters (lactones) is 1. The molecule has 2 aromatic rings. The summed E-state index contributed by atoms with van der Waals surface area (Å²) in [5.41, 5.74) is 0.373. The first-order chi connectivity index (χ1) is 13.4.